The average molecular weight is 251 g/mol. The van der Waals surface area contributed by atoms with Crippen molar-refractivity contribution in [1.82, 2.24) is 10.7 Å². The molecule has 1 saturated carbocycles. The van der Waals surface area contributed by atoms with Crippen LogP contribution in [0.3, 0.4) is 0 Å². The molecule has 0 spiro atoms. The zero-order valence-electron chi connectivity index (χ0n) is 10.9. The average Bonchev–Trinajstić information content (AvgIpc) is 2.38. The van der Waals surface area contributed by atoms with Crippen molar-refractivity contribution in [2.24, 2.45) is 16.9 Å². The normalized spacial score (nSPS) is 28.3. The lowest BCUT2D eigenvalue weighted by Gasteiger charge is -2.28. The maximum absolute atomic E-state index is 11.9. The summed E-state index contributed by atoms with van der Waals surface area (Å²) in [5, 5.41) is 6.74. The van der Waals surface area contributed by atoms with Gasteiger partial charge in [-0.05, 0) is 18.3 Å². The molecule has 5 nitrogen and oxygen atoms in total. The highest BCUT2D eigenvalue weighted by Crippen LogP contribution is 2.28. The second kappa shape index (κ2) is 5.98. The molecule has 2 amide bonds. The van der Waals surface area contributed by atoms with E-state index in [2.05, 4.69) is 22.8 Å². The van der Waals surface area contributed by atoms with E-state index < -0.39 is 0 Å². The zero-order valence-corrected chi connectivity index (χ0v) is 10.9. The Morgan fingerprint density at radius 2 is 2.17 bits per heavy atom. The van der Waals surface area contributed by atoms with Crippen molar-refractivity contribution >= 4 is 17.5 Å². The van der Waals surface area contributed by atoms with Gasteiger partial charge in [0, 0.05) is 19.4 Å². The second-order valence-electron chi connectivity index (χ2n) is 5.33. The number of nitrogens with zero attached hydrogens (tertiary/aromatic N) is 1. The van der Waals surface area contributed by atoms with Gasteiger partial charge in [-0.2, -0.15) is 5.10 Å². The summed E-state index contributed by atoms with van der Waals surface area (Å²) in [6.07, 6.45) is 5.83. The van der Waals surface area contributed by atoms with Gasteiger partial charge >= 0.3 is 0 Å². The van der Waals surface area contributed by atoms with Crippen molar-refractivity contribution in [3.05, 3.63) is 0 Å². The number of carbonyl (C=O) groups excluding carboxylic acids is 2. The van der Waals surface area contributed by atoms with E-state index in [0.29, 0.717) is 30.4 Å². The third-order valence-corrected chi connectivity index (χ3v) is 3.98. The van der Waals surface area contributed by atoms with Crippen molar-refractivity contribution in [2.45, 2.75) is 45.4 Å². The molecular formula is C13H21N3O2. The first-order valence-electron chi connectivity index (χ1n) is 6.80. The van der Waals surface area contributed by atoms with E-state index in [-0.39, 0.29) is 11.8 Å². The van der Waals surface area contributed by atoms with Crippen molar-refractivity contribution in [3.63, 3.8) is 0 Å². The fourth-order valence-corrected chi connectivity index (χ4v) is 2.66. The minimum Gasteiger partial charge on any atom is -0.351 e. The summed E-state index contributed by atoms with van der Waals surface area (Å²) < 4.78 is 0. The Kier molecular flexibility index (Phi) is 4.33. The van der Waals surface area contributed by atoms with E-state index >= 15 is 0 Å². The Morgan fingerprint density at radius 3 is 2.83 bits per heavy atom. The van der Waals surface area contributed by atoms with Crippen molar-refractivity contribution < 1.29 is 9.59 Å². The second-order valence-corrected chi connectivity index (χ2v) is 5.33. The predicted molar refractivity (Wildman–Crippen MR) is 68.9 cm³/mol. The van der Waals surface area contributed by atoms with E-state index in [1.165, 1.54) is 25.7 Å². The van der Waals surface area contributed by atoms with E-state index in [1.54, 1.807) is 0 Å². The van der Waals surface area contributed by atoms with Crippen molar-refractivity contribution in [1.29, 1.82) is 0 Å². The lowest BCUT2D eigenvalue weighted by Crippen LogP contribution is -2.40. The van der Waals surface area contributed by atoms with Crippen LogP contribution in [0.4, 0.5) is 0 Å². The number of hydrogen-bond donors (Lipinski definition) is 2. The first kappa shape index (κ1) is 13.1. The van der Waals surface area contributed by atoms with Crippen LogP contribution in [0.15, 0.2) is 5.10 Å². The first-order chi connectivity index (χ1) is 8.66. The molecule has 2 aliphatic rings. The summed E-state index contributed by atoms with van der Waals surface area (Å²) in [5.41, 5.74) is 2.79. The quantitative estimate of drug-likeness (QED) is 0.791. The van der Waals surface area contributed by atoms with Crippen LogP contribution >= 0.6 is 0 Å². The molecular weight excluding hydrogens is 230 g/mol. The van der Waals surface area contributed by atoms with Crippen LogP contribution in [0.25, 0.3) is 0 Å². The number of rotatable bonds is 3. The summed E-state index contributed by atoms with van der Waals surface area (Å²) in [6, 6.07) is 0. The number of hydrazone groups is 1. The summed E-state index contributed by atoms with van der Waals surface area (Å²) in [5.74, 6) is 1.02. The van der Waals surface area contributed by atoms with E-state index in [0.717, 1.165) is 6.54 Å². The number of carbonyl (C=O) groups is 2. The summed E-state index contributed by atoms with van der Waals surface area (Å²) in [4.78, 5) is 22.8. The highest BCUT2D eigenvalue weighted by atomic mass is 16.2. The van der Waals surface area contributed by atoms with Crippen LogP contribution in [-0.4, -0.2) is 24.1 Å². The van der Waals surface area contributed by atoms with Crippen LogP contribution in [-0.2, 0) is 9.59 Å². The molecule has 2 unspecified atom stereocenters. The van der Waals surface area contributed by atoms with Crippen molar-refractivity contribution in [2.75, 3.05) is 6.54 Å². The van der Waals surface area contributed by atoms with Gasteiger partial charge in [0.2, 0.25) is 5.91 Å². The molecule has 0 radical (unpaired) electrons. The molecule has 5 heteroatoms. The molecule has 1 aliphatic carbocycles. The first-order valence-corrected chi connectivity index (χ1v) is 6.80. The van der Waals surface area contributed by atoms with Gasteiger partial charge in [-0.25, -0.2) is 5.43 Å². The van der Waals surface area contributed by atoms with E-state index in [4.69, 9.17) is 0 Å². The van der Waals surface area contributed by atoms with E-state index in [9.17, 15) is 9.59 Å². The Labute approximate surface area is 107 Å². The molecule has 0 aromatic carbocycles. The summed E-state index contributed by atoms with van der Waals surface area (Å²) >= 11 is 0. The summed E-state index contributed by atoms with van der Waals surface area (Å²) in [6.45, 7) is 2.99. The van der Waals surface area contributed by atoms with Crippen LogP contribution < -0.4 is 10.7 Å². The van der Waals surface area contributed by atoms with Gasteiger partial charge in [0.05, 0.1) is 0 Å². The molecule has 2 atom stereocenters. The minimum atomic E-state index is -0.132. The number of hydrogen-bond acceptors (Lipinski definition) is 3. The Hall–Kier alpha value is -1.39. The van der Waals surface area contributed by atoms with Gasteiger partial charge in [0.25, 0.3) is 5.91 Å². The molecule has 0 bridgehead atoms. The predicted octanol–water partition coefficient (Wildman–Crippen LogP) is 1.19. The van der Waals surface area contributed by atoms with Crippen LogP contribution in [0.2, 0.25) is 0 Å². The molecule has 2 N–H and O–H groups in total. The monoisotopic (exact) mass is 251 g/mol. The third kappa shape index (κ3) is 3.31. The van der Waals surface area contributed by atoms with Gasteiger partial charge in [-0.15, -0.1) is 0 Å². The fourth-order valence-electron chi connectivity index (χ4n) is 2.66. The van der Waals surface area contributed by atoms with Crippen molar-refractivity contribution in [3.8, 4) is 0 Å². The molecule has 2 rings (SSSR count). The number of amides is 2. The van der Waals surface area contributed by atoms with Crippen LogP contribution in [0, 0.1) is 11.8 Å². The molecule has 0 saturated heterocycles. The minimum absolute atomic E-state index is 0.118. The Bertz CT molecular complexity index is 365. The molecule has 0 aromatic heterocycles. The fraction of sp³-hybridized carbons (Fsp3) is 0.769. The third-order valence-electron chi connectivity index (χ3n) is 3.98. The maximum atomic E-state index is 11.9. The molecule has 1 aliphatic heterocycles. The van der Waals surface area contributed by atoms with Gasteiger partial charge in [0.1, 0.15) is 5.71 Å². The molecule has 0 aromatic rings. The van der Waals surface area contributed by atoms with Crippen LogP contribution in [0.1, 0.15) is 45.4 Å². The Balaban J connectivity index is 1.79. The van der Waals surface area contributed by atoms with Gasteiger partial charge in [0.15, 0.2) is 0 Å². The van der Waals surface area contributed by atoms with Gasteiger partial charge < -0.3 is 5.32 Å². The largest absolute Gasteiger partial charge is 0.351 e. The highest BCUT2D eigenvalue weighted by molar-refractivity contribution is 6.39. The standard InChI is InChI=1S/C13H21N3O2/c1-9-4-2-3-5-10(9)8-14-13(18)11-6-7-12(17)16-15-11/h9-10H,2-8H2,1H3,(H,14,18)(H,16,17). The topological polar surface area (TPSA) is 70.6 Å². The van der Waals surface area contributed by atoms with Crippen LogP contribution in [0.5, 0.6) is 0 Å². The molecule has 1 heterocycles. The molecule has 1 fully saturated rings. The van der Waals surface area contributed by atoms with Gasteiger partial charge in [-0.3, -0.25) is 9.59 Å². The Morgan fingerprint density at radius 1 is 1.39 bits per heavy atom. The lowest BCUT2D eigenvalue weighted by molar-refractivity contribution is -0.121. The maximum Gasteiger partial charge on any atom is 0.267 e. The summed E-state index contributed by atoms with van der Waals surface area (Å²) in [7, 11) is 0. The highest BCUT2D eigenvalue weighted by Gasteiger charge is 2.23. The SMILES string of the molecule is CC1CCCCC1CNC(=O)C1=NNC(=O)CC1. The molecule has 18 heavy (non-hydrogen) atoms. The number of nitrogens with one attached hydrogen (secondary N) is 2. The molecule has 100 valence electrons. The lowest BCUT2D eigenvalue weighted by atomic mass is 9.80. The zero-order chi connectivity index (χ0) is 13.0. The van der Waals surface area contributed by atoms with E-state index in [1.807, 2.05) is 0 Å². The smallest absolute Gasteiger partial charge is 0.267 e. The van der Waals surface area contributed by atoms with Gasteiger partial charge in [-0.1, -0.05) is 26.2 Å².